The topological polar surface area (TPSA) is 51.3 Å². The molecule has 0 fully saturated rings. The number of hydrogen-bond donors (Lipinski definition) is 1. The molecule has 0 atom stereocenters. The van der Waals surface area contributed by atoms with Gasteiger partial charge < -0.3 is 5.73 Å². The molecule has 4 heteroatoms. The SMILES string of the molecule is C/C(N)=C(\C)C(F)=Nc1cccnc1.CC. The smallest absolute Gasteiger partial charge is 0.218 e. The Labute approximate surface area is 95.9 Å². The van der Waals surface area contributed by atoms with Crippen LogP contribution in [0.15, 0.2) is 40.8 Å². The fraction of sp³-hybridized carbons (Fsp3) is 0.333. The van der Waals surface area contributed by atoms with Gasteiger partial charge in [-0.25, -0.2) is 4.99 Å². The van der Waals surface area contributed by atoms with Crippen LogP contribution in [0.1, 0.15) is 27.7 Å². The molecule has 0 saturated heterocycles. The average molecular weight is 223 g/mol. The number of pyridine rings is 1. The predicted molar refractivity (Wildman–Crippen MR) is 66.3 cm³/mol. The lowest BCUT2D eigenvalue weighted by atomic mass is 10.2. The molecule has 1 aromatic rings. The molecule has 1 rings (SSSR count). The van der Waals surface area contributed by atoms with Crippen LogP contribution in [-0.2, 0) is 0 Å². The van der Waals surface area contributed by atoms with E-state index in [1.165, 1.54) is 6.20 Å². The highest BCUT2D eigenvalue weighted by Gasteiger charge is 2.02. The van der Waals surface area contributed by atoms with Crippen LogP contribution >= 0.6 is 0 Å². The molecule has 3 nitrogen and oxygen atoms in total. The maximum Gasteiger partial charge on any atom is 0.218 e. The number of halogens is 1. The van der Waals surface area contributed by atoms with Crippen LogP contribution in [0.4, 0.5) is 10.1 Å². The molecule has 0 bridgehead atoms. The summed E-state index contributed by atoms with van der Waals surface area (Å²) in [4.78, 5) is 7.55. The number of nitrogens with zero attached hydrogens (tertiary/aromatic N) is 2. The van der Waals surface area contributed by atoms with Crippen LogP contribution in [0, 0.1) is 0 Å². The summed E-state index contributed by atoms with van der Waals surface area (Å²) in [6, 6.07) is 3.37. The van der Waals surface area contributed by atoms with E-state index in [9.17, 15) is 4.39 Å². The van der Waals surface area contributed by atoms with Crippen molar-refractivity contribution in [3.05, 3.63) is 35.8 Å². The summed E-state index contributed by atoms with van der Waals surface area (Å²) in [5.74, 6) is -0.571. The van der Waals surface area contributed by atoms with Crippen LogP contribution in [0.25, 0.3) is 0 Å². The van der Waals surface area contributed by atoms with Crippen LogP contribution in [0.5, 0.6) is 0 Å². The van der Waals surface area contributed by atoms with E-state index in [4.69, 9.17) is 5.73 Å². The molecule has 0 spiro atoms. The first-order valence-corrected chi connectivity index (χ1v) is 5.19. The minimum absolute atomic E-state index is 0.355. The first-order chi connectivity index (χ1) is 7.61. The zero-order valence-electron chi connectivity index (χ0n) is 10.2. The van der Waals surface area contributed by atoms with Crippen molar-refractivity contribution in [1.29, 1.82) is 0 Å². The Hall–Kier alpha value is -1.71. The Morgan fingerprint density at radius 2 is 2.00 bits per heavy atom. The molecule has 16 heavy (non-hydrogen) atoms. The molecule has 0 radical (unpaired) electrons. The normalized spacial score (nSPS) is 12.4. The zero-order chi connectivity index (χ0) is 12.6. The van der Waals surface area contributed by atoms with Gasteiger partial charge in [0, 0.05) is 17.5 Å². The standard InChI is InChI=1S/C10H12FN3.C2H6/c1-7(8(2)12)10(11)14-9-4-3-5-13-6-9;1-2/h3-6H,12H2,1-2H3;1-2H3/b8-7-,14-10?;. The highest BCUT2D eigenvalue weighted by molar-refractivity contribution is 5.94. The fourth-order valence-corrected chi connectivity index (χ4v) is 0.780. The Morgan fingerprint density at radius 1 is 1.38 bits per heavy atom. The average Bonchev–Trinajstić information content (AvgIpc) is 2.31. The summed E-state index contributed by atoms with van der Waals surface area (Å²) in [7, 11) is 0. The summed E-state index contributed by atoms with van der Waals surface area (Å²) >= 11 is 0. The maximum atomic E-state index is 13.3. The first kappa shape index (κ1) is 14.3. The van der Waals surface area contributed by atoms with Gasteiger partial charge in [-0.3, -0.25) is 4.98 Å². The number of rotatable bonds is 2. The van der Waals surface area contributed by atoms with Crippen LogP contribution in [0.3, 0.4) is 0 Å². The van der Waals surface area contributed by atoms with Gasteiger partial charge in [-0.15, -0.1) is 0 Å². The van der Waals surface area contributed by atoms with Gasteiger partial charge >= 0.3 is 0 Å². The maximum absolute atomic E-state index is 13.3. The van der Waals surface area contributed by atoms with E-state index in [0.717, 1.165) is 0 Å². The Balaban J connectivity index is 0.00000106. The molecule has 0 amide bonds. The molecular weight excluding hydrogens is 205 g/mol. The highest BCUT2D eigenvalue weighted by Crippen LogP contribution is 2.12. The van der Waals surface area contributed by atoms with Crippen molar-refractivity contribution in [2.45, 2.75) is 27.7 Å². The molecule has 1 aromatic heterocycles. The lowest BCUT2D eigenvalue weighted by Crippen LogP contribution is -2.01. The van der Waals surface area contributed by atoms with Crippen molar-refractivity contribution in [1.82, 2.24) is 4.98 Å². The summed E-state index contributed by atoms with van der Waals surface area (Å²) < 4.78 is 13.3. The predicted octanol–water partition coefficient (Wildman–Crippen LogP) is 3.36. The zero-order valence-corrected chi connectivity index (χ0v) is 10.2. The van der Waals surface area contributed by atoms with Gasteiger partial charge in [0.15, 0.2) is 0 Å². The van der Waals surface area contributed by atoms with Crippen molar-refractivity contribution in [3.8, 4) is 0 Å². The molecule has 0 unspecified atom stereocenters. The molecule has 88 valence electrons. The number of allylic oxidation sites excluding steroid dienone is 2. The Bertz CT molecular complexity index is 365. The lowest BCUT2D eigenvalue weighted by molar-refractivity contribution is 0.800. The second-order valence-corrected chi connectivity index (χ2v) is 2.92. The largest absolute Gasteiger partial charge is 0.402 e. The Morgan fingerprint density at radius 3 is 2.44 bits per heavy atom. The molecule has 2 N–H and O–H groups in total. The highest BCUT2D eigenvalue weighted by atomic mass is 19.1. The summed E-state index contributed by atoms with van der Waals surface area (Å²) in [6.45, 7) is 7.22. The molecule has 0 aromatic carbocycles. The van der Waals surface area contributed by atoms with Gasteiger partial charge in [0.05, 0.1) is 11.9 Å². The van der Waals surface area contributed by atoms with E-state index in [-0.39, 0.29) is 0 Å². The molecule has 0 aliphatic carbocycles. The van der Waals surface area contributed by atoms with E-state index in [0.29, 0.717) is 17.0 Å². The van der Waals surface area contributed by atoms with Crippen molar-refractivity contribution >= 4 is 11.7 Å². The van der Waals surface area contributed by atoms with Gasteiger partial charge in [-0.1, -0.05) is 13.8 Å². The number of hydrogen-bond acceptors (Lipinski definition) is 3. The lowest BCUT2D eigenvalue weighted by Gasteiger charge is -1.99. The van der Waals surface area contributed by atoms with Crippen molar-refractivity contribution < 1.29 is 4.39 Å². The fourth-order valence-electron chi connectivity index (χ4n) is 0.780. The van der Waals surface area contributed by atoms with E-state index < -0.39 is 5.97 Å². The molecular formula is C12H18FN3. The van der Waals surface area contributed by atoms with Gasteiger partial charge in [0.1, 0.15) is 0 Å². The van der Waals surface area contributed by atoms with Crippen LogP contribution in [0.2, 0.25) is 0 Å². The van der Waals surface area contributed by atoms with Gasteiger partial charge in [-0.2, -0.15) is 4.39 Å². The molecule has 0 aliphatic rings. The molecule has 0 saturated carbocycles. The van der Waals surface area contributed by atoms with Crippen molar-refractivity contribution in [2.75, 3.05) is 0 Å². The van der Waals surface area contributed by atoms with E-state index >= 15 is 0 Å². The molecule has 0 aliphatic heterocycles. The summed E-state index contributed by atoms with van der Waals surface area (Å²) in [5.41, 5.74) is 6.69. The van der Waals surface area contributed by atoms with E-state index in [1.54, 1.807) is 32.2 Å². The number of aromatic nitrogens is 1. The minimum atomic E-state index is -0.571. The summed E-state index contributed by atoms with van der Waals surface area (Å²) in [6.07, 6.45) is 3.09. The van der Waals surface area contributed by atoms with E-state index in [2.05, 4.69) is 9.98 Å². The van der Waals surface area contributed by atoms with Crippen molar-refractivity contribution in [3.63, 3.8) is 0 Å². The van der Waals surface area contributed by atoms with Gasteiger partial charge in [0.2, 0.25) is 5.97 Å². The Kier molecular flexibility index (Phi) is 6.76. The minimum Gasteiger partial charge on any atom is -0.402 e. The number of nitrogens with two attached hydrogens (primary N) is 1. The van der Waals surface area contributed by atoms with Gasteiger partial charge in [0.25, 0.3) is 0 Å². The van der Waals surface area contributed by atoms with Crippen LogP contribution in [-0.4, -0.2) is 10.9 Å². The monoisotopic (exact) mass is 223 g/mol. The second-order valence-electron chi connectivity index (χ2n) is 2.92. The second kappa shape index (κ2) is 7.56. The quantitative estimate of drug-likeness (QED) is 0.781. The number of aliphatic imine (C=N–C) groups is 1. The van der Waals surface area contributed by atoms with Crippen molar-refractivity contribution in [2.24, 2.45) is 10.7 Å². The van der Waals surface area contributed by atoms with Crippen LogP contribution < -0.4 is 5.73 Å². The third-order valence-electron chi connectivity index (χ3n) is 1.77. The first-order valence-electron chi connectivity index (χ1n) is 5.19. The third-order valence-corrected chi connectivity index (χ3v) is 1.77. The molecule has 1 heterocycles. The van der Waals surface area contributed by atoms with Gasteiger partial charge in [-0.05, 0) is 26.0 Å². The van der Waals surface area contributed by atoms with E-state index in [1.807, 2.05) is 13.8 Å². The third kappa shape index (κ3) is 4.68. The summed E-state index contributed by atoms with van der Waals surface area (Å²) in [5, 5.41) is 0.